The van der Waals surface area contributed by atoms with Crippen molar-refractivity contribution in [1.29, 1.82) is 0 Å². The van der Waals surface area contributed by atoms with Gasteiger partial charge >= 0.3 is 11.9 Å². The predicted molar refractivity (Wildman–Crippen MR) is 121 cm³/mol. The summed E-state index contributed by atoms with van der Waals surface area (Å²) in [5, 5.41) is 9.31. The molecule has 31 heavy (non-hydrogen) atoms. The van der Waals surface area contributed by atoms with Gasteiger partial charge in [-0.25, -0.2) is 9.59 Å². The normalized spacial score (nSPS) is 11.5. The number of aromatic carboxylic acids is 1. The highest BCUT2D eigenvalue weighted by molar-refractivity contribution is 8.30. The summed E-state index contributed by atoms with van der Waals surface area (Å²) in [6.07, 6.45) is 0. The molecule has 4 nitrogen and oxygen atoms in total. The van der Waals surface area contributed by atoms with E-state index in [0.717, 1.165) is 14.7 Å². The number of carboxylic acid groups (broad SMARTS) is 1. The fourth-order valence-corrected chi connectivity index (χ4v) is 6.38. The van der Waals surface area contributed by atoms with Crippen LogP contribution in [0.5, 0.6) is 0 Å². The SMILES string of the molecule is O=C(O)c1cccc(C(=O)OS(c2ccccc2)(c2ccccc2)c2ccccc2)c1. The highest BCUT2D eigenvalue weighted by atomic mass is 32.3. The van der Waals surface area contributed by atoms with Crippen LogP contribution in [-0.4, -0.2) is 17.0 Å². The van der Waals surface area contributed by atoms with Gasteiger partial charge in [0.05, 0.1) is 11.1 Å². The Hall–Kier alpha value is -3.83. The van der Waals surface area contributed by atoms with Gasteiger partial charge in [0.1, 0.15) is 0 Å². The minimum atomic E-state index is -2.41. The molecule has 5 heteroatoms. The molecule has 0 aliphatic heterocycles. The molecule has 4 aromatic carbocycles. The number of carbonyl (C=O) groups excluding carboxylic acids is 1. The van der Waals surface area contributed by atoms with Crippen LogP contribution in [-0.2, 0) is 4.18 Å². The molecule has 0 fully saturated rings. The molecular formula is C26H20O4S. The first-order valence-corrected chi connectivity index (χ1v) is 11.2. The summed E-state index contributed by atoms with van der Waals surface area (Å²) in [5.41, 5.74) is 0.230. The summed E-state index contributed by atoms with van der Waals surface area (Å²) in [6.45, 7) is 0. The highest BCUT2D eigenvalue weighted by Crippen LogP contribution is 2.69. The first-order valence-electron chi connectivity index (χ1n) is 9.67. The second-order valence-corrected chi connectivity index (χ2v) is 9.45. The maximum absolute atomic E-state index is 13.4. The lowest BCUT2D eigenvalue weighted by molar-refractivity contribution is 0.0697. The molecule has 0 bridgehead atoms. The smallest absolute Gasteiger partial charge is 0.349 e. The third-order valence-electron chi connectivity index (χ3n) is 4.77. The average Bonchev–Trinajstić information content (AvgIpc) is 2.84. The lowest BCUT2D eigenvalue weighted by Crippen LogP contribution is -2.14. The second-order valence-electron chi connectivity index (χ2n) is 6.75. The Bertz CT molecular complexity index is 1100. The lowest BCUT2D eigenvalue weighted by atomic mass is 10.1. The van der Waals surface area contributed by atoms with Crippen LogP contribution in [0.3, 0.4) is 0 Å². The van der Waals surface area contributed by atoms with Gasteiger partial charge in [-0.05, 0) is 64.9 Å². The standard InChI is InChI=1S/C26H20O4S/c27-25(28)20-11-10-12-21(19-20)26(29)30-31(22-13-4-1-5-14-22,23-15-6-2-7-16-23)24-17-8-3-9-18-24/h1-19H,(H,27,28). The zero-order chi connectivity index (χ0) is 21.7. The fourth-order valence-electron chi connectivity index (χ4n) is 3.33. The van der Waals surface area contributed by atoms with E-state index in [1.165, 1.54) is 12.1 Å². The Morgan fingerprint density at radius 1 is 0.581 bits per heavy atom. The fraction of sp³-hybridized carbons (Fsp3) is 0. The maximum Gasteiger partial charge on any atom is 0.349 e. The van der Waals surface area contributed by atoms with Gasteiger partial charge in [-0.2, -0.15) is 0 Å². The van der Waals surface area contributed by atoms with Crippen molar-refractivity contribution in [3.63, 3.8) is 0 Å². The molecule has 0 saturated heterocycles. The van der Waals surface area contributed by atoms with Crippen molar-refractivity contribution < 1.29 is 18.9 Å². The van der Waals surface area contributed by atoms with E-state index in [0.29, 0.717) is 0 Å². The molecular weight excluding hydrogens is 408 g/mol. The van der Waals surface area contributed by atoms with Gasteiger partial charge in [0.15, 0.2) is 0 Å². The van der Waals surface area contributed by atoms with Crippen molar-refractivity contribution >= 4 is 22.2 Å². The molecule has 0 saturated carbocycles. The monoisotopic (exact) mass is 428 g/mol. The summed E-state index contributed by atoms with van der Waals surface area (Å²) >= 11 is 0. The third-order valence-corrected chi connectivity index (χ3v) is 7.98. The molecule has 0 atom stereocenters. The van der Waals surface area contributed by atoms with Crippen molar-refractivity contribution in [2.75, 3.05) is 0 Å². The quantitative estimate of drug-likeness (QED) is 0.384. The van der Waals surface area contributed by atoms with Crippen LogP contribution in [0.2, 0.25) is 0 Å². The first-order chi connectivity index (χ1) is 15.1. The number of carbonyl (C=O) groups is 2. The minimum absolute atomic E-state index is 0.0363. The number of rotatable bonds is 6. The summed E-state index contributed by atoms with van der Waals surface area (Å²) in [7, 11) is -2.41. The predicted octanol–water partition coefficient (Wildman–Crippen LogP) is 6.44. The number of hydrogen-bond acceptors (Lipinski definition) is 3. The van der Waals surface area contributed by atoms with Crippen LogP contribution in [0.15, 0.2) is 130 Å². The van der Waals surface area contributed by atoms with E-state index < -0.39 is 22.2 Å². The van der Waals surface area contributed by atoms with Crippen LogP contribution in [0.4, 0.5) is 0 Å². The Balaban J connectivity index is 1.91. The van der Waals surface area contributed by atoms with E-state index >= 15 is 0 Å². The molecule has 0 unspecified atom stereocenters. The molecule has 4 rings (SSSR count). The zero-order valence-corrected chi connectivity index (χ0v) is 17.4. The van der Waals surface area contributed by atoms with Crippen LogP contribution in [0, 0.1) is 0 Å². The van der Waals surface area contributed by atoms with Crippen molar-refractivity contribution in [2.24, 2.45) is 0 Å². The van der Waals surface area contributed by atoms with Gasteiger partial charge in [-0.3, -0.25) is 0 Å². The van der Waals surface area contributed by atoms with E-state index in [1.54, 1.807) is 12.1 Å². The van der Waals surface area contributed by atoms with Gasteiger partial charge in [0.2, 0.25) is 0 Å². The van der Waals surface area contributed by atoms with Crippen LogP contribution < -0.4 is 0 Å². The van der Waals surface area contributed by atoms with Crippen molar-refractivity contribution in [1.82, 2.24) is 0 Å². The van der Waals surface area contributed by atoms with E-state index in [2.05, 4.69) is 0 Å². The Morgan fingerprint density at radius 3 is 1.42 bits per heavy atom. The minimum Gasteiger partial charge on any atom is -0.478 e. The Kier molecular flexibility index (Phi) is 5.87. The summed E-state index contributed by atoms with van der Waals surface area (Å²) in [6, 6.07) is 34.9. The van der Waals surface area contributed by atoms with Gasteiger partial charge in [-0.15, -0.1) is 0 Å². The third kappa shape index (κ3) is 4.09. The topological polar surface area (TPSA) is 63.6 Å². The van der Waals surface area contributed by atoms with E-state index in [4.69, 9.17) is 4.18 Å². The van der Waals surface area contributed by atoms with Crippen molar-refractivity contribution in [2.45, 2.75) is 14.7 Å². The lowest BCUT2D eigenvalue weighted by Gasteiger charge is -2.39. The van der Waals surface area contributed by atoms with E-state index in [9.17, 15) is 14.7 Å². The molecule has 154 valence electrons. The average molecular weight is 429 g/mol. The highest BCUT2D eigenvalue weighted by Gasteiger charge is 2.35. The summed E-state index contributed by atoms with van der Waals surface area (Å²) in [5.74, 6) is -1.67. The second kappa shape index (κ2) is 8.90. The molecule has 4 aromatic rings. The van der Waals surface area contributed by atoms with Gasteiger partial charge < -0.3 is 9.29 Å². The Morgan fingerprint density at radius 2 is 1.00 bits per heavy atom. The maximum atomic E-state index is 13.4. The number of carboxylic acids is 1. The molecule has 1 N–H and O–H groups in total. The molecule has 0 radical (unpaired) electrons. The summed E-state index contributed by atoms with van der Waals surface area (Å²) < 4.78 is 6.37. The largest absolute Gasteiger partial charge is 0.478 e. The van der Waals surface area contributed by atoms with Gasteiger partial charge in [-0.1, -0.05) is 60.7 Å². The number of hydrogen-bond donors (Lipinski definition) is 1. The molecule has 0 aliphatic rings. The molecule has 0 aromatic heterocycles. The van der Waals surface area contributed by atoms with Crippen LogP contribution in [0.25, 0.3) is 0 Å². The van der Waals surface area contributed by atoms with E-state index in [-0.39, 0.29) is 11.1 Å². The summed E-state index contributed by atoms with van der Waals surface area (Å²) in [4.78, 5) is 27.4. The molecule has 0 amide bonds. The molecule has 0 aliphatic carbocycles. The molecule has 0 heterocycles. The first kappa shape index (κ1) is 20.4. The van der Waals surface area contributed by atoms with Gasteiger partial charge in [0.25, 0.3) is 0 Å². The van der Waals surface area contributed by atoms with Crippen LogP contribution >= 0.6 is 10.3 Å². The van der Waals surface area contributed by atoms with Crippen molar-refractivity contribution in [3.05, 3.63) is 126 Å². The van der Waals surface area contributed by atoms with Crippen LogP contribution in [0.1, 0.15) is 20.7 Å². The van der Waals surface area contributed by atoms with E-state index in [1.807, 2.05) is 91.0 Å². The van der Waals surface area contributed by atoms with Crippen molar-refractivity contribution in [3.8, 4) is 0 Å². The Labute approximate surface area is 182 Å². The number of benzene rings is 4. The van der Waals surface area contributed by atoms with Gasteiger partial charge in [0, 0.05) is 14.7 Å². The molecule has 0 spiro atoms. The zero-order valence-electron chi connectivity index (χ0n) is 16.5.